The molecule has 112 valence electrons. The second-order valence-electron chi connectivity index (χ2n) is 4.50. The van der Waals surface area contributed by atoms with Crippen molar-refractivity contribution in [2.24, 2.45) is 0 Å². The zero-order chi connectivity index (χ0) is 15.7. The molecule has 0 aliphatic heterocycles. The zero-order valence-electron chi connectivity index (χ0n) is 12.4. The zero-order valence-corrected chi connectivity index (χ0v) is 15.2. The third-order valence-electron chi connectivity index (χ3n) is 3.10. The van der Waals surface area contributed by atoms with Crippen molar-refractivity contribution in [3.63, 3.8) is 0 Å². The number of aromatic nitrogens is 2. The molecular weight excluding hydrogens is 332 g/mol. The molecule has 0 unspecified atom stereocenters. The number of nitrogens with one attached hydrogen (secondary N) is 1. The van der Waals surface area contributed by atoms with Gasteiger partial charge in [0.05, 0.1) is 17.6 Å². The number of halogens is 2. The molecule has 8 heteroatoms. The van der Waals surface area contributed by atoms with Crippen LogP contribution in [0.2, 0.25) is 5.02 Å². The van der Waals surface area contributed by atoms with E-state index in [1.54, 1.807) is 6.07 Å². The van der Waals surface area contributed by atoms with Gasteiger partial charge < -0.3 is 15.2 Å². The number of benzene rings is 2. The minimum atomic E-state index is -0.508. The minimum Gasteiger partial charge on any atom is -0.870 e. The van der Waals surface area contributed by atoms with Crippen LogP contribution in [0, 0.1) is 5.82 Å². The molecule has 1 aromatic heterocycles. The largest absolute Gasteiger partial charge is 1.00 e. The van der Waals surface area contributed by atoms with Gasteiger partial charge in [0, 0.05) is 17.1 Å². The molecule has 0 aliphatic carbocycles. The Hall–Kier alpha value is -1.60. The first-order chi connectivity index (χ1) is 10.6. The van der Waals surface area contributed by atoms with Crippen LogP contribution < -0.4 is 44.7 Å². The first-order valence-electron chi connectivity index (χ1n) is 6.30. The molecule has 0 saturated heterocycles. The number of ether oxygens (including phenoxy) is 1. The first-order valence-corrected chi connectivity index (χ1v) is 6.68. The summed E-state index contributed by atoms with van der Waals surface area (Å²) in [5.41, 5.74) is 1.11. The Labute approximate surface area is 158 Å². The SMILES string of the molecule is COc1cc2ncnc(Nc3ccc(F)c(Cl)c3)c2cc1[O-].[Na+]. The normalized spacial score (nSPS) is 10.2. The van der Waals surface area contributed by atoms with Gasteiger partial charge in [0.25, 0.3) is 0 Å². The number of fused-ring (bicyclic) bond motifs is 1. The fourth-order valence-corrected chi connectivity index (χ4v) is 2.21. The van der Waals surface area contributed by atoms with E-state index in [1.807, 2.05) is 0 Å². The van der Waals surface area contributed by atoms with Crippen LogP contribution in [0.3, 0.4) is 0 Å². The van der Waals surface area contributed by atoms with Crippen molar-refractivity contribution in [2.45, 2.75) is 0 Å². The quantitative estimate of drug-likeness (QED) is 0.692. The van der Waals surface area contributed by atoms with Crippen LogP contribution in [0.25, 0.3) is 10.9 Å². The maximum atomic E-state index is 13.2. The molecule has 0 spiro atoms. The van der Waals surface area contributed by atoms with Crippen LogP contribution in [0.1, 0.15) is 0 Å². The van der Waals surface area contributed by atoms with E-state index in [9.17, 15) is 9.50 Å². The number of rotatable bonds is 3. The number of hydrogen-bond donors (Lipinski definition) is 1. The summed E-state index contributed by atoms with van der Waals surface area (Å²) in [6.45, 7) is 0. The molecule has 0 amide bonds. The van der Waals surface area contributed by atoms with Crippen molar-refractivity contribution in [1.82, 2.24) is 9.97 Å². The van der Waals surface area contributed by atoms with Crippen molar-refractivity contribution in [2.75, 3.05) is 12.4 Å². The van der Waals surface area contributed by atoms with Crippen molar-refractivity contribution < 1.29 is 43.8 Å². The van der Waals surface area contributed by atoms with E-state index in [-0.39, 0.29) is 46.1 Å². The van der Waals surface area contributed by atoms with Gasteiger partial charge in [-0.3, -0.25) is 0 Å². The summed E-state index contributed by atoms with van der Waals surface area (Å²) in [5, 5.41) is 15.4. The molecule has 0 radical (unpaired) electrons. The Balaban J connectivity index is 0.00000192. The molecule has 3 rings (SSSR count). The molecule has 1 heterocycles. The first kappa shape index (κ1) is 17.7. The molecule has 0 atom stereocenters. The number of anilines is 2. The van der Waals surface area contributed by atoms with Crippen LogP contribution in [-0.4, -0.2) is 17.1 Å². The van der Waals surface area contributed by atoms with Gasteiger partial charge in [0.1, 0.15) is 23.7 Å². The standard InChI is InChI=1S/C15H11ClFN3O2.Na/c1-22-14-6-12-9(5-13(14)21)15(19-7-18-12)20-8-2-3-11(17)10(16)4-8;/h2-7,21H,1H3,(H,18,19,20);/q;+1/p-1. The third-order valence-corrected chi connectivity index (χ3v) is 3.39. The molecular formula is C15H10ClFN3NaO2. The molecule has 0 bridgehead atoms. The van der Waals surface area contributed by atoms with Crippen LogP contribution in [-0.2, 0) is 0 Å². The Morgan fingerprint density at radius 1 is 1.22 bits per heavy atom. The van der Waals surface area contributed by atoms with Crippen LogP contribution in [0.15, 0.2) is 36.7 Å². The van der Waals surface area contributed by atoms with E-state index < -0.39 is 5.82 Å². The smallest absolute Gasteiger partial charge is 0.870 e. The van der Waals surface area contributed by atoms with Crippen molar-refractivity contribution in [1.29, 1.82) is 0 Å². The summed E-state index contributed by atoms with van der Waals surface area (Å²) in [6, 6.07) is 7.14. The molecule has 5 nitrogen and oxygen atoms in total. The molecule has 3 aromatic rings. The van der Waals surface area contributed by atoms with Crippen molar-refractivity contribution in [3.8, 4) is 11.5 Å². The monoisotopic (exact) mass is 341 g/mol. The van der Waals surface area contributed by atoms with Gasteiger partial charge in [0.2, 0.25) is 0 Å². The summed E-state index contributed by atoms with van der Waals surface area (Å²) in [6.07, 6.45) is 1.36. The van der Waals surface area contributed by atoms with Gasteiger partial charge in [-0.05, 0) is 18.2 Å². The van der Waals surface area contributed by atoms with E-state index in [0.29, 0.717) is 22.4 Å². The van der Waals surface area contributed by atoms with Gasteiger partial charge in [-0.15, -0.1) is 0 Å². The Morgan fingerprint density at radius 3 is 2.70 bits per heavy atom. The van der Waals surface area contributed by atoms with E-state index in [0.717, 1.165) is 0 Å². The topological polar surface area (TPSA) is 70.1 Å². The fraction of sp³-hybridized carbons (Fsp3) is 0.0667. The molecule has 1 N–H and O–H groups in total. The Bertz CT molecular complexity index is 863. The van der Waals surface area contributed by atoms with E-state index in [4.69, 9.17) is 16.3 Å². The summed E-state index contributed by atoms with van der Waals surface area (Å²) >= 11 is 5.75. The maximum Gasteiger partial charge on any atom is 1.00 e. The second-order valence-corrected chi connectivity index (χ2v) is 4.90. The predicted molar refractivity (Wildman–Crippen MR) is 80.2 cm³/mol. The van der Waals surface area contributed by atoms with Gasteiger partial charge >= 0.3 is 29.6 Å². The molecule has 2 aromatic carbocycles. The number of nitrogens with zero attached hydrogens (tertiary/aromatic N) is 2. The summed E-state index contributed by atoms with van der Waals surface area (Å²) in [4.78, 5) is 8.22. The Morgan fingerprint density at radius 2 is 2.00 bits per heavy atom. The average molecular weight is 342 g/mol. The molecule has 0 aliphatic rings. The number of methoxy groups -OCH3 is 1. The van der Waals surface area contributed by atoms with Gasteiger partial charge in [0.15, 0.2) is 0 Å². The maximum absolute atomic E-state index is 13.2. The summed E-state index contributed by atoms with van der Waals surface area (Å²) in [5.74, 6) is -0.147. The van der Waals surface area contributed by atoms with Gasteiger partial charge in [-0.1, -0.05) is 23.4 Å². The van der Waals surface area contributed by atoms with Gasteiger partial charge in [-0.25, -0.2) is 14.4 Å². The van der Waals surface area contributed by atoms with Crippen molar-refractivity contribution in [3.05, 3.63) is 47.5 Å². The minimum absolute atomic E-state index is 0. The average Bonchev–Trinajstić information content (AvgIpc) is 2.51. The molecule has 0 fully saturated rings. The van der Waals surface area contributed by atoms with E-state index in [2.05, 4.69) is 15.3 Å². The van der Waals surface area contributed by atoms with Crippen molar-refractivity contribution >= 4 is 34.0 Å². The third kappa shape index (κ3) is 3.67. The summed E-state index contributed by atoms with van der Waals surface area (Å²) in [7, 11) is 1.42. The van der Waals surface area contributed by atoms with E-state index in [1.165, 1.54) is 37.7 Å². The Kier molecular flexibility index (Phi) is 5.64. The van der Waals surface area contributed by atoms with Crippen LogP contribution >= 0.6 is 11.6 Å². The van der Waals surface area contributed by atoms with Crippen LogP contribution in [0.5, 0.6) is 11.5 Å². The predicted octanol–water partition coefficient (Wildman–Crippen LogP) is 0.252. The number of hydrogen-bond acceptors (Lipinski definition) is 5. The fourth-order valence-electron chi connectivity index (χ4n) is 2.03. The van der Waals surface area contributed by atoms with Crippen LogP contribution in [0.4, 0.5) is 15.9 Å². The van der Waals surface area contributed by atoms with E-state index >= 15 is 0 Å². The molecule has 0 saturated carbocycles. The summed E-state index contributed by atoms with van der Waals surface area (Å²) < 4.78 is 18.2. The second kappa shape index (κ2) is 7.31. The molecule has 23 heavy (non-hydrogen) atoms. The van der Waals surface area contributed by atoms with Gasteiger partial charge in [-0.2, -0.15) is 0 Å².